The number of carbonyl (C=O) groups is 2. The van der Waals surface area contributed by atoms with Crippen molar-refractivity contribution in [2.24, 2.45) is 5.92 Å². The zero-order valence-corrected chi connectivity index (χ0v) is 19.3. The first-order valence-corrected chi connectivity index (χ1v) is 11.6. The molecular formula is C23H33N5O5. The highest BCUT2D eigenvalue weighted by atomic mass is 16.3. The molecule has 2 aromatic heterocycles. The molecule has 2 amide bonds. The molecule has 33 heavy (non-hydrogen) atoms. The molecule has 1 fully saturated rings. The van der Waals surface area contributed by atoms with Gasteiger partial charge < -0.3 is 20.0 Å². The number of rotatable bonds is 11. The Morgan fingerprint density at radius 3 is 2.64 bits per heavy atom. The predicted molar refractivity (Wildman–Crippen MR) is 125 cm³/mol. The van der Waals surface area contributed by atoms with Gasteiger partial charge in [-0.2, -0.15) is 0 Å². The van der Waals surface area contributed by atoms with Crippen molar-refractivity contribution in [2.45, 2.75) is 65.5 Å². The van der Waals surface area contributed by atoms with Crippen LogP contribution in [0.5, 0.6) is 0 Å². The lowest BCUT2D eigenvalue weighted by molar-refractivity contribution is -0.129. The second-order valence-corrected chi connectivity index (χ2v) is 8.45. The molecule has 3 rings (SSSR count). The molecule has 3 heterocycles. The highest BCUT2D eigenvalue weighted by Gasteiger charge is 2.38. The van der Waals surface area contributed by atoms with Gasteiger partial charge in [0.15, 0.2) is 5.69 Å². The van der Waals surface area contributed by atoms with Crippen LogP contribution in [0.3, 0.4) is 0 Å². The average Bonchev–Trinajstić information content (AvgIpc) is 3.42. The molecule has 1 aliphatic rings. The highest BCUT2D eigenvalue weighted by molar-refractivity contribution is 6.00. The Morgan fingerprint density at radius 2 is 1.97 bits per heavy atom. The largest absolute Gasteiger partial charge is 0.467 e. The smallest absolute Gasteiger partial charge is 0.330 e. The van der Waals surface area contributed by atoms with Crippen LogP contribution >= 0.6 is 0 Å². The van der Waals surface area contributed by atoms with Crippen molar-refractivity contribution in [3.63, 3.8) is 0 Å². The minimum Gasteiger partial charge on any atom is -0.467 e. The standard InChI is InChI=1S/C23H33N5O5/c1-3-5-7-11-27(19-20(24)28(10-6-4-2)23(32)25-21(19)30)22(31)16-13-18(29)26(14-16)15-17-9-8-12-33-17/h8-9,12,16H,3-7,10-11,13-15,24H2,1-2H3,(H,25,30,32). The number of hydrogen-bond donors (Lipinski definition) is 2. The summed E-state index contributed by atoms with van der Waals surface area (Å²) < 4.78 is 6.64. The van der Waals surface area contributed by atoms with E-state index in [4.69, 9.17) is 10.2 Å². The fraction of sp³-hybridized carbons (Fsp3) is 0.565. The number of nitrogens with zero attached hydrogens (tertiary/aromatic N) is 3. The molecule has 1 atom stereocenters. The third-order valence-electron chi connectivity index (χ3n) is 5.96. The maximum Gasteiger partial charge on any atom is 0.330 e. The number of furan rings is 1. The van der Waals surface area contributed by atoms with E-state index in [9.17, 15) is 19.2 Å². The van der Waals surface area contributed by atoms with Crippen LogP contribution in [0, 0.1) is 5.92 Å². The summed E-state index contributed by atoms with van der Waals surface area (Å²) in [5.74, 6) is -0.463. The molecule has 0 aliphatic carbocycles. The lowest BCUT2D eigenvalue weighted by atomic mass is 10.1. The number of unbranched alkanes of at least 4 members (excludes halogenated alkanes) is 3. The van der Waals surface area contributed by atoms with Crippen molar-refractivity contribution in [3.8, 4) is 0 Å². The fourth-order valence-electron chi connectivity index (χ4n) is 4.13. The first kappa shape index (κ1) is 24.3. The summed E-state index contributed by atoms with van der Waals surface area (Å²) in [6.07, 6.45) is 5.61. The van der Waals surface area contributed by atoms with Gasteiger partial charge in [0.25, 0.3) is 5.56 Å². The first-order valence-electron chi connectivity index (χ1n) is 11.6. The fourth-order valence-corrected chi connectivity index (χ4v) is 4.13. The van der Waals surface area contributed by atoms with Crippen LogP contribution < -0.4 is 21.9 Å². The summed E-state index contributed by atoms with van der Waals surface area (Å²) in [6.45, 7) is 5.18. The first-order chi connectivity index (χ1) is 15.9. The Hall–Kier alpha value is -3.30. The number of carbonyl (C=O) groups excluding carboxylic acids is 2. The van der Waals surface area contributed by atoms with Crippen LogP contribution in [0.25, 0.3) is 0 Å². The van der Waals surface area contributed by atoms with E-state index in [0.29, 0.717) is 25.1 Å². The molecule has 1 unspecified atom stereocenters. The minimum absolute atomic E-state index is 0.0104. The van der Waals surface area contributed by atoms with Crippen molar-refractivity contribution in [1.82, 2.24) is 14.5 Å². The number of likely N-dealkylation sites (tertiary alicyclic amines) is 1. The third kappa shape index (κ3) is 5.55. The van der Waals surface area contributed by atoms with Gasteiger partial charge in [-0.25, -0.2) is 4.79 Å². The van der Waals surface area contributed by atoms with Gasteiger partial charge in [-0.3, -0.25) is 23.9 Å². The van der Waals surface area contributed by atoms with Crippen LogP contribution in [0.2, 0.25) is 0 Å². The SMILES string of the molecule is CCCCCN(C(=O)C1CC(=O)N(Cc2ccco2)C1)c1c(N)n(CCCC)c(=O)[nH]c1=O. The number of amides is 2. The molecule has 10 heteroatoms. The number of hydrogen-bond acceptors (Lipinski definition) is 6. The Bertz CT molecular complexity index is 1070. The third-order valence-corrected chi connectivity index (χ3v) is 5.96. The molecule has 3 N–H and O–H groups in total. The van der Waals surface area contributed by atoms with Crippen molar-refractivity contribution in [2.75, 3.05) is 23.7 Å². The summed E-state index contributed by atoms with van der Waals surface area (Å²) in [6, 6.07) is 3.52. The number of nitrogens with one attached hydrogen (secondary N) is 1. The number of nitrogens with two attached hydrogens (primary N) is 1. The second kappa shape index (κ2) is 11.0. The normalized spacial score (nSPS) is 15.9. The molecule has 0 bridgehead atoms. The summed E-state index contributed by atoms with van der Waals surface area (Å²) >= 11 is 0. The van der Waals surface area contributed by atoms with E-state index in [1.165, 1.54) is 15.7 Å². The molecule has 2 aromatic rings. The minimum atomic E-state index is -0.688. The summed E-state index contributed by atoms with van der Waals surface area (Å²) in [5, 5.41) is 0. The van der Waals surface area contributed by atoms with Gasteiger partial charge in [-0.15, -0.1) is 0 Å². The van der Waals surface area contributed by atoms with Crippen LogP contribution in [-0.4, -0.2) is 39.4 Å². The zero-order chi connectivity index (χ0) is 24.0. The van der Waals surface area contributed by atoms with Crippen LogP contribution in [0.15, 0.2) is 32.4 Å². The Labute approximate surface area is 192 Å². The average molecular weight is 460 g/mol. The van der Waals surface area contributed by atoms with E-state index in [-0.39, 0.29) is 49.4 Å². The van der Waals surface area contributed by atoms with E-state index in [1.807, 2.05) is 13.8 Å². The van der Waals surface area contributed by atoms with Crippen molar-refractivity contribution >= 4 is 23.3 Å². The molecule has 0 radical (unpaired) electrons. The number of nitrogen functional groups attached to an aromatic ring is 1. The molecule has 10 nitrogen and oxygen atoms in total. The van der Waals surface area contributed by atoms with E-state index in [2.05, 4.69) is 4.98 Å². The zero-order valence-electron chi connectivity index (χ0n) is 19.3. The van der Waals surface area contributed by atoms with E-state index in [1.54, 1.807) is 17.0 Å². The van der Waals surface area contributed by atoms with Gasteiger partial charge in [0.05, 0.1) is 18.7 Å². The molecular weight excluding hydrogens is 426 g/mol. The van der Waals surface area contributed by atoms with Gasteiger partial charge in [0, 0.05) is 26.1 Å². The van der Waals surface area contributed by atoms with Gasteiger partial charge in [-0.05, 0) is 25.0 Å². The van der Waals surface area contributed by atoms with E-state index in [0.717, 1.165) is 19.3 Å². The van der Waals surface area contributed by atoms with E-state index >= 15 is 0 Å². The molecule has 1 aliphatic heterocycles. The Balaban J connectivity index is 1.90. The summed E-state index contributed by atoms with van der Waals surface area (Å²) in [4.78, 5) is 56.5. The van der Waals surface area contributed by atoms with E-state index < -0.39 is 17.2 Å². The van der Waals surface area contributed by atoms with Crippen LogP contribution in [0.4, 0.5) is 11.5 Å². The molecule has 1 saturated heterocycles. The quantitative estimate of drug-likeness (QED) is 0.494. The van der Waals surface area contributed by atoms with Gasteiger partial charge in [0.2, 0.25) is 11.8 Å². The lowest BCUT2D eigenvalue weighted by Crippen LogP contribution is -2.44. The Morgan fingerprint density at radius 1 is 1.21 bits per heavy atom. The monoisotopic (exact) mass is 459 g/mol. The molecule has 0 aromatic carbocycles. The van der Waals surface area contributed by atoms with Crippen LogP contribution in [-0.2, 0) is 22.7 Å². The summed E-state index contributed by atoms with van der Waals surface area (Å²) in [5.41, 5.74) is 4.99. The van der Waals surface area contributed by atoms with Crippen molar-refractivity contribution in [3.05, 3.63) is 45.0 Å². The molecule has 0 spiro atoms. The topological polar surface area (TPSA) is 135 Å². The predicted octanol–water partition coefficient (Wildman–Crippen LogP) is 2.08. The maximum atomic E-state index is 13.6. The van der Waals surface area contributed by atoms with Crippen LogP contribution in [0.1, 0.15) is 58.1 Å². The number of aromatic amines is 1. The van der Waals surface area contributed by atoms with Crippen molar-refractivity contribution in [1.29, 1.82) is 0 Å². The van der Waals surface area contributed by atoms with Gasteiger partial charge in [0.1, 0.15) is 11.6 Å². The number of aromatic nitrogens is 2. The molecule has 0 saturated carbocycles. The second-order valence-electron chi connectivity index (χ2n) is 8.45. The van der Waals surface area contributed by atoms with Gasteiger partial charge in [-0.1, -0.05) is 33.1 Å². The van der Waals surface area contributed by atoms with Gasteiger partial charge >= 0.3 is 5.69 Å². The maximum absolute atomic E-state index is 13.6. The van der Waals surface area contributed by atoms with Crippen molar-refractivity contribution < 1.29 is 14.0 Å². The highest BCUT2D eigenvalue weighted by Crippen LogP contribution is 2.26. The molecule has 180 valence electrons. The number of anilines is 2. The summed E-state index contributed by atoms with van der Waals surface area (Å²) in [7, 11) is 0. The lowest BCUT2D eigenvalue weighted by Gasteiger charge is -2.27. The number of H-pyrrole nitrogens is 1. The Kier molecular flexibility index (Phi) is 8.13.